The highest BCUT2D eigenvalue weighted by molar-refractivity contribution is 7.99. The van der Waals surface area contributed by atoms with Crippen LogP contribution in [0.15, 0.2) is 72.8 Å². The van der Waals surface area contributed by atoms with Crippen molar-refractivity contribution >= 4 is 17.8 Å². The molecule has 0 spiro atoms. The van der Waals surface area contributed by atoms with Crippen LogP contribution in [0.25, 0.3) is 11.1 Å². The first kappa shape index (κ1) is 29.1. The van der Waals surface area contributed by atoms with E-state index in [1.54, 1.807) is 11.8 Å². The maximum Gasteiger partial charge on any atom is 0.315 e. The summed E-state index contributed by atoms with van der Waals surface area (Å²) in [6, 6.07) is 24.0. The number of rotatable bonds is 11. The monoisotopic (exact) mass is 550 g/mol. The van der Waals surface area contributed by atoms with Crippen LogP contribution < -0.4 is 10.6 Å². The number of nitrogens with one attached hydrogen (secondary N) is 2. The highest BCUT2D eigenvalue weighted by Gasteiger charge is 2.38. The summed E-state index contributed by atoms with van der Waals surface area (Å²) in [5, 5.41) is 24.4. The topological polar surface area (TPSA) is 100 Å². The van der Waals surface area contributed by atoms with E-state index in [9.17, 15) is 15.0 Å². The van der Waals surface area contributed by atoms with Crippen LogP contribution in [0.4, 0.5) is 4.79 Å². The number of benzene rings is 3. The molecule has 0 saturated carbocycles. The van der Waals surface area contributed by atoms with E-state index >= 15 is 0 Å². The van der Waals surface area contributed by atoms with Crippen LogP contribution in [-0.4, -0.2) is 47.0 Å². The van der Waals surface area contributed by atoms with Crippen molar-refractivity contribution < 1.29 is 24.5 Å². The second-order valence-electron chi connectivity index (χ2n) is 9.66. The van der Waals surface area contributed by atoms with Crippen molar-refractivity contribution in [3.63, 3.8) is 0 Å². The van der Waals surface area contributed by atoms with Gasteiger partial charge in [-0.15, -0.1) is 0 Å². The number of carbonyl (C=O) groups excluding carboxylic acids is 1. The molecule has 7 nitrogen and oxygen atoms in total. The van der Waals surface area contributed by atoms with Gasteiger partial charge in [-0.3, -0.25) is 0 Å². The minimum atomic E-state index is -0.550. The predicted octanol–water partition coefficient (Wildman–Crippen LogP) is 5.18. The first-order valence-corrected chi connectivity index (χ1v) is 14.6. The van der Waals surface area contributed by atoms with Crippen LogP contribution in [0.2, 0.25) is 0 Å². The number of urea groups is 1. The van der Waals surface area contributed by atoms with E-state index in [1.165, 1.54) is 0 Å². The molecule has 1 aliphatic heterocycles. The van der Waals surface area contributed by atoms with Gasteiger partial charge in [-0.05, 0) is 46.9 Å². The number of aliphatic hydroxyl groups excluding tert-OH is 2. The van der Waals surface area contributed by atoms with E-state index in [0.29, 0.717) is 18.8 Å². The van der Waals surface area contributed by atoms with Crippen LogP contribution in [0.3, 0.4) is 0 Å². The van der Waals surface area contributed by atoms with Crippen molar-refractivity contribution in [1.82, 2.24) is 10.6 Å². The minimum Gasteiger partial charge on any atom is -0.396 e. The average molecular weight is 551 g/mol. The van der Waals surface area contributed by atoms with Gasteiger partial charge >= 0.3 is 6.03 Å². The Hall–Kier alpha value is -2.88. The maximum absolute atomic E-state index is 11.8. The summed E-state index contributed by atoms with van der Waals surface area (Å²) >= 11 is 1.68. The molecule has 39 heavy (non-hydrogen) atoms. The zero-order valence-electron chi connectivity index (χ0n) is 22.5. The van der Waals surface area contributed by atoms with Gasteiger partial charge in [0.15, 0.2) is 6.29 Å². The Bertz CT molecular complexity index is 1210. The first-order chi connectivity index (χ1) is 19.0. The quantitative estimate of drug-likeness (QED) is 0.246. The molecule has 0 aliphatic carbocycles. The molecule has 0 bridgehead atoms. The number of aliphatic hydroxyl groups is 2. The van der Waals surface area contributed by atoms with Gasteiger partial charge in [0.05, 0.1) is 25.4 Å². The molecule has 0 radical (unpaired) electrons. The third-order valence-electron chi connectivity index (χ3n) is 6.85. The second-order valence-corrected chi connectivity index (χ2v) is 10.8. The van der Waals surface area contributed by atoms with Gasteiger partial charge in [0.25, 0.3) is 0 Å². The zero-order chi connectivity index (χ0) is 27.6. The Kier molecular flexibility index (Phi) is 10.8. The smallest absolute Gasteiger partial charge is 0.315 e. The number of thioether (sulfide) groups is 1. The van der Waals surface area contributed by atoms with Crippen molar-refractivity contribution in [3.8, 4) is 11.1 Å². The minimum absolute atomic E-state index is 0.00348. The number of hydrogen-bond acceptors (Lipinski definition) is 6. The lowest BCUT2D eigenvalue weighted by molar-refractivity contribution is -0.268. The number of carbonyl (C=O) groups is 1. The van der Waals surface area contributed by atoms with Crippen LogP contribution in [0.1, 0.15) is 48.5 Å². The molecule has 1 saturated heterocycles. The second kappa shape index (κ2) is 14.5. The summed E-state index contributed by atoms with van der Waals surface area (Å²) in [4.78, 5) is 11.8. The van der Waals surface area contributed by atoms with Gasteiger partial charge in [-0.2, -0.15) is 11.8 Å². The van der Waals surface area contributed by atoms with Gasteiger partial charge in [0, 0.05) is 36.1 Å². The normalized spacial score (nSPS) is 20.9. The average Bonchev–Trinajstić information content (AvgIpc) is 2.97. The van der Waals surface area contributed by atoms with Gasteiger partial charge in [-0.25, -0.2) is 4.79 Å². The number of amides is 2. The first-order valence-electron chi connectivity index (χ1n) is 13.4. The Morgan fingerprint density at radius 3 is 2.36 bits per heavy atom. The fraction of sp³-hybridized carbons (Fsp3) is 0.387. The molecule has 1 fully saturated rings. The molecular formula is C31H38N2O5S. The van der Waals surface area contributed by atoms with Gasteiger partial charge in [-0.1, -0.05) is 67.6 Å². The number of ether oxygens (including phenoxy) is 2. The molecule has 4 rings (SSSR count). The molecule has 4 atom stereocenters. The molecule has 1 heterocycles. The van der Waals surface area contributed by atoms with E-state index in [0.717, 1.165) is 39.1 Å². The van der Waals surface area contributed by atoms with E-state index in [1.807, 2.05) is 55.5 Å². The Morgan fingerprint density at radius 2 is 1.64 bits per heavy atom. The lowest BCUT2D eigenvalue weighted by atomic mass is 9.91. The third-order valence-corrected chi connectivity index (χ3v) is 7.89. The summed E-state index contributed by atoms with van der Waals surface area (Å²) in [6.45, 7) is 5.19. The summed E-state index contributed by atoms with van der Waals surface area (Å²) in [5.41, 5.74) is 5.93. The van der Waals surface area contributed by atoms with Crippen molar-refractivity contribution in [2.24, 2.45) is 5.92 Å². The largest absolute Gasteiger partial charge is 0.396 e. The van der Waals surface area contributed by atoms with Crippen LogP contribution in [-0.2, 0) is 22.6 Å². The third kappa shape index (κ3) is 7.84. The molecule has 3 aromatic carbocycles. The fourth-order valence-electron chi connectivity index (χ4n) is 4.70. The lowest BCUT2D eigenvalue weighted by Gasteiger charge is -2.41. The fourth-order valence-corrected chi connectivity index (χ4v) is 5.62. The van der Waals surface area contributed by atoms with Crippen LogP contribution >= 0.6 is 11.8 Å². The number of hydrogen-bond donors (Lipinski definition) is 4. The van der Waals surface area contributed by atoms with E-state index < -0.39 is 6.29 Å². The summed E-state index contributed by atoms with van der Waals surface area (Å²) in [7, 11) is 0. The molecule has 8 heteroatoms. The molecule has 2 amide bonds. The van der Waals surface area contributed by atoms with E-state index in [4.69, 9.17) is 9.47 Å². The molecule has 3 aromatic rings. The highest BCUT2D eigenvalue weighted by atomic mass is 32.2. The van der Waals surface area contributed by atoms with Gasteiger partial charge < -0.3 is 30.3 Å². The lowest BCUT2D eigenvalue weighted by Crippen LogP contribution is -2.38. The molecule has 4 N–H and O–H groups in total. The molecule has 1 aliphatic rings. The molecule has 208 valence electrons. The van der Waals surface area contributed by atoms with Crippen molar-refractivity contribution in [3.05, 3.63) is 95.1 Å². The summed E-state index contributed by atoms with van der Waals surface area (Å²) in [6.07, 6.45) is -0.787. The van der Waals surface area contributed by atoms with E-state index in [2.05, 4.69) is 41.8 Å². The van der Waals surface area contributed by atoms with Crippen molar-refractivity contribution in [1.29, 1.82) is 0 Å². The van der Waals surface area contributed by atoms with Crippen molar-refractivity contribution in [2.75, 3.05) is 24.7 Å². The Balaban J connectivity index is 1.56. The van der Waals surface area contributed by atoms with Crippen LogP contribution in [0.5, 0.6) is 0 Å². The SMILES string of the molecule is CCNC(=O)NCc1cccc(-c2cccc(C3OC(CSCCO)C(C)C(c4ccc(CO)cc4)O3)c2)c1. The predicted molar refractivity (Wildman–Crippen MR) is 155 cm³/mol. The van der Waals surface area contributed by atoms with Crippen LogP contribution in [0, 0.1) is 5.92 Å². The Morgan fingerprint density at radius 1 is 0.897 bits per heavy atom. The summed E-state index contributed by atoms with van der Waals surface area (Å²) < 4.78 is 13.1. The zero-order valence-corrected chi connectivity index (χ0v) is 23.3. The molecule has 4 unspecified atom stereocenters. The summed E-state index contributed by atoms with van der Waals surface area (Å²) in [5.74, 6) is 1.52. The van der Waals surface area contributed by atoms with Gasteiger partial charge in [0.1, 0.15) is 0 Å². The highest BCUT2D eigenvalue weighted by Crippen LogP contribution is 2.43. The maximum atomic E-state index is 11.8. The van der Waals surface area contributed by atoms with Crippen molar-refractivity contribution in [2.45, 2.75) is 45.5 Å². The van der Waals surface area contributed by atoms with Gasteiger partial charge in [0.2, 0.25) is 0 Å². The van der Waals surface area contributed by atoms with E-state index in [-0.39, 0.29) is 37.4 Å². The molecular weight excluding hydrogens is 512 g/mol. The standard InChI is InChI=1S/C31H38N2O5S/c1-3-32-31(36)33-18-23-6-4-7-25(16-23)26-8-5-9-27(17-26)30-37-28(20-39-15-14-34)21(2)29(38-30)24-12-10-22(19-35)11-13-24/h4-13,16-17,21,28-30,34-35H,3,14-15,18-20H2,1-2H3,(H2,32,33,36). The Labute approximate surface area is 234 Å². The molecule has 0 aromatic heterocycles.